The number of halogens is 1. The molecule has 1 amide bonds. The highest BCUT2D eigenvalue weighted by molar-refractivity contribution is 6.31. The van der Waals surface area contributed by atoms with E-state index in [4.69, 9.17) is 16.3 Å². The number of ether oxygens (including phenoxy) is 1. The van der Waals surface area contributed by atoms with Crippen LogP contribution in [0.1, 0.15) is 25.3 Å². The Morgan fingerprint density at radius 3 is 2.70 bits per heavy atom. The van der Waals surface area contributed by atoms with E-state index in [1.165, 1.54) is 0 Å². The molecule has 1 fully saturated rings. The lowest BCUT2D eigenvalue weighted by atomic mass is 10.1. The van der Waals surface area contributed by atoms with Crippen molar-refractivity contribution in [2.24, 2.45) is 5.10 Å². The molecule has 0 saturated carbocycles. The molecule has 0 radical (unpaired) electrons. The number of hydrogen-bond donors (Lipinski definition) is 1. The fourth-order valence-corrected chi connectivity index (χ4v) is 3.59. The first kappa shape index (κ1) is 20.2. The molecule has 30 heavy (non-hydrogen) atoms. The SMILES string of the molecule is C/C(=N\Nc1ccnc2cc(Cl)ccc12)c1ccc(OCC(=O)N2CCCC2)cc1. The van der Waals surface area contributed by atoms with E-state index in [0.717, 1.165) is 53.8 Å². The third-order valence-corrected chi connectivity index (χ3v) is 5.38. The summed E-state index contributed by atoms with van der Waals surface area (Å²) in [7, 11) is 0. The molecule has 1 aliphatic rings. The standard InChI is InChI=1S/C23H23ClN4O2/c1-16(26-27-21-10-11-25-22-14-18(24)6-9-20(21)22)17-4-7-19(8-5-17)30-15-23(29)28-12-2-3-13-28/h4-11,14H,2-3,12-13,15H2,1H3,(H,25,27)/b26-16+. The number of hydrazone groups is 1. The number of fused-ring (bicyclic) bond motifs is 1. The van der Waals surface area contributed by atoms with Gasteiger partial charge in [0.25, 0.3) is 5.91 Å². The van der Waals surface area contributed by atoms with E-state index in [2.05, 4.69) is 15.5 Å². The first-order chi connectivity index (χ1) is 14.6. The summed E-state index contributed by atoms with van der Waals surface area (Å²) in [4.78, 5) is 18.3. The number of nitrogens with one attached hydrogen (secondary N) is 1. The number of anilines is 1. The Morgan fingerprint density at radius 1 is 1.17 bits per heavy atom. The molecule has 7 heteroatoms. The van der Waals surface area contributed by atoms with E-state index in [0.29, 0.717) is 10.8 Å². The van der Waals surface area contributed by atoms with Crippen LogP contribution in [0.15, 0.2) is 59.8 Å². The number of pyridine rings is 1. The number of nitrogens with zero attached hydrogens (tertiary/aromatic N) is 3. The molecule has 1 saturated heterocycles. The van der Waals surface area contributed by atoms with Crippen LogP contribution in [0.2, 0.25) is 5.02 Å². The summed E-state index contributed by atoms with van der Waals surface area (Å²) >= 11 is 6.04. The second-order valence-electron chi connectivity index (χ2n) is 7.23. The van der Waals surface area contributed by atoms with Crippen LogP contribution >= 0.6 is 11.6 Å². The maximum absolute atomic E-state index is 12.1. The van der Waals surface area contributed by atoms with Crippen molar-refractivity contribution in [3.63, 3.8) is 0 Å². The van der Waals surface area contributed by atoms with Crippen LogP contribution in [-0.4, -0.2) is 41.2 Å². The lowest BCUT2D eigenvalue weighted by Gasteiger charge is -2.15. The van der Waals surface area contributed by atoms with Crippen LogP contribution in [-0.2, 0) is 4.79 Å². The molecule has 2 aromatic carbocycles. The molecule has 154 valence electrons. The van der Waals surface area contributed by atoms with Crippen LogP contribution in [0.4, 0.5) is 5.69 Å². The fourth-order valence-electron chi connectivity index (χ4n) is 3.42. The molecule has 1 aliphatic heterocycles. The van der Waals surface area contributed by atoms with Gasteiger partial charge in [0.15, 0.2) is 6.61 Å². The molecule has 1 N–H and O–H groups in total. The van der Waals surface area contributed by atoms with Crippen molar-refractivity contribution in [2.45, 2.75) is 19.8 Å². The van der Waals surface area contributed by atoms with Gasteiger partial charge in [-0.15, -0.1) is 0 Å². The Hall–Kier alpha value is -3.12. The minimum atomic E-state index is 0.0457. The quantitative estimate of drug-likeness (QED) is 0.461. The van der Waals surface area contributed by atoms with Gasteiger partial charge in [0.1, 0.15) is 5.75 Å². The Kier molecular flexibility index (Phi) is 6.14. The molecule has 4 rings (SSSR count). The summed E-state index contributed by atoms with van der Waals surface area (Å²) in [5.74, 6) is 0.716. The average Bonchev–Trinajstić information content (AvgIpc) is 3.31. The first-order valence-electron chi connectivity index (χ1n) is 9.96. The second-order valence-corrected chi connectivity index (χ2v) is 7.67. The topological polar surface area (TPSA) is 66.8 Å². The van der Waals surface area contributed by atoms with Crippen molar-refractivity contribution >= 4 is 39.8 Å². The average molecular weight is 423 g/mol. The molecule has 0 aliphatic carbocycles. The van der Waals surface area contributed by atoms with Crippen LogP contribution in [0, 0.1) is 0 Å². The van der Waals surface area contributed by atoms with E-state index in [1.54, 1.807) is 6.20 Å². The van der Waals surface area contributed by atoms with E-state index in [1.807, 2.05) is 60.4 Å². The van der Waals surface area contributed by atoms with Crippen LogP contribution in [0.25, 0.3) is 10.9 Å². The van der Waals surface area contributed by atoms with Gasteiger partial charge in [-0.05, 0) is 73.9 Å². The summed E-state index contributed by atoms with van der Waals surface area (Å²) in [6.45, 7) is 3.68. The van der Waals surface area contributed by atoms with Crippen LogP contribution < -0.4 is 10.2 Å². The largest absolute Gasteiger partial charge is 0.484 e. The number of likely N-dealkylation sites (tertiary alicyclic amines) is 1. The van der Waals surface area contributed by atoms with Gasteiger partial charge in [-0.25, -0.2) is 0 Å². The van der Waals surface area contributed by atoms with Gasteiger partial charge >= 0.3 is 0 Å². The Balaban J connectivity index is 1.39. The van der Waals surface area contributed by atoms with Gasteiger partial charge in [0, 0.05) is 29.7 Å². The van der Waals surface area contributed by atoms with Gasteiger partial charge in [-0.2, -0.15) is 5.10 Å². The van der Waals surface area contributed by atoms with Gasteiger partial charge in [-0.3, -0.25) is 15.2 Å². The molecule has 0 unspecified atom stereocenters. The number of hydrogen-bond acceptors (Lipinski definition) is 5. The predicted molar refractivity (Wildman–Crippen MR) is 120 cm³/mol. The summed E-state index contributed by atoms with van der Waals surface area (Å²) in [6, 6.07) is 15.0. The van der Waals surface area contributed by atoms with Gasteiger partial charge in [-0.1, -0.05) is 11.6 Å². The summed E-state index contributed by atoms with van der Waals surface area (Å²) in [5.41, 5.74) is 6.57. The third kappa shape index (κ3) is 4.71. The maximum atomic E-state index is 12.1. The molecular formula is C23H23ClN4O2. The molecule has 0 bridgehead atoms. The van der Waals surface area contributed by atoms with E-state index in [-0.39, 0.29) is 12.5 Å². The second kappa shape index (κ2) is 9.13. The predicted octanol–water partition coefficient (Wildman–Crippen LogP) is 4.73. The fraction of sp³-hybridized carbons (Fsp3) is 0.261. The number of rotatable bonds is 6. The lowest BCUT2D eigenvalue weighted by Crippen LogP contribution is -2.32. The molecule has 0 atom stereocenters. The zero-order chi connectivity index (χ0) is 20.9. The summed E-state index contributed by atoms with van der Waals surface area (Å²) < 4.78 is 5.64. The molecule has 3 aromatic rings. The number of aromatic nitrogens is 1. The highest BCUT2D eigenvalue weighted by Gasteiger charge is 2.18. The molecule has 1 aromatic heterocycles. The third-order valence-electron chi connectivity index (χ3n) is 5.14. The minimum absolute atomic E-state index is 0.0457. The highest BCUT2D eigenvalue weighted by atomic mass is 35.5. The molecule has 6 nitrogen and oxygen atoms in total. The van der Waals surface area contributed by atoms with Crippen molar-refractivity contribution in [1.29, 1.82) is 0 Å². The molecular weight excluding hydrogens is 400 g/mol. The van der Waals surface area contributed by atoms with Crippen molar-refractivity contribution in [3.05, 3.63) is 65.3 Å². The van der Waals surface area contributed by atoms with Gasteiger partial charge in [0.2, 0.25) is 0 Å². The zero-order valence-electron chi connectivity index (χ0n) is 16.8. The zero-order valence-corrected chi connectivity index (χ0v) is 17.5. The normalized spacial score (nSPS) is 14.2. The van der Waals surface area contributed by atoms with Gasteiger partial charge < -0.3 is 9.64 Å². The molecule has 2 heterocycles. The monoisotopic (exact) mass is 422 g/mol. The molecule has 0 spiro atoms. The number of carbonyl (C=O) groups excluding carboxylic acids is 1. The van der Waals surface area contributed by atoms with Crippen LogP contribution in [0.3, 0.4) is 0 Å². The Labute approximate surface area is 180 Å². The lowest BCUT2D eigenvalue weighted by molar-refractivity contribution is -0.132. The van der Waals surface area contributed by atoms with E-state index >= 15 is 0 Å². The van der Waals surface area contributed by atoms with Crippen LogP contribution in [0.5, 0.6) is 5.75 Å². The van der Waals surface area contributed by atoms with E-state index in [9.17, 15) is 4.79 Å². The Morgan fingerprint density at radius 2 is 1.93 bits per heavy atom. The minimum Gasteiger partial charge on any atom is -0.484 e. The number of amides is 1. The Bertz CT molecular complexity index is 1080. The highest BCUT2D eigenvalue weighted by Crippen LogP contribution is 2.24. The first-order valence-corrected chi connectivity index (χ1v) is 10.3. The maximum Gasteiger partial charge on any atom is 0.260 e. The smallest absolute Gasteiger partial charge is 0.260 e. The number of benzene rings is 2. The summed E-state index contributed by atoms with van der Waals surface area (Å²) in [5, 5.41) is 6.10. The van der Waals surface area contributed by atoms with Gasteiger partial charge in [0.05, 0.1) is 16.9 Å². The van der Waals surface area contributed by atoms with Crippen molar-refractivity contribution < 1.29 is 9.53 Å². The van der Waals surface area contributed by atoms with Crippen molar-refractivity contribution in [2.75, 3.05) is 25.1 Å². The van der Waals surface area contributed by atoms with Crippen molar-refractivity contribution in [3.8, 4) is 5.75 Å². The van der Waals surface area contributed by atoms with Crippen molar-refractivity contribution in [1.82, 2.24) is 9.88 Å². The van der Waals surface area contributed by atoms with E-state index < -0.39 is 0 Å². The summed E-state index contributed by atoms with van der Waals surface area (Å²) in [6.07, 6.45) is 3.88. The number of carbonyl (C=O) groups is 1.